The molecule has 0 spiro atoms. The maximum Gasteiger partial charge on any atom is 0.333 e. The summed E-state index contributed by atoms with van der Waals surface area (Å²) in [6.07, 6.45) is 4.33. The summed E-state index contributed by atoms with van der Waals surface area (Å²) in [7, 11) is -1.08. The number of benzene rings is 1. The minimum Gasteiger partial charge on any atom is -0.326 e. The van der Waals surface area contributed by atoms with Gasteiger partial charge in [-0.3, -0.25) is 23.5 Å². The molecular formula is C25H26N6O6S. The number of carbonyl (C=O) groups excluding carboxylic acids is 2. The molecule has 12 nitrogen and oxygen atoms in total. The van der Waals surface area contributed by atoms with Crippen molar-refractivity contribution in [3.63, 3.8) is 0 Å². The number of aryl methyl sites for hydroxylation is 1. The van der Waals surface area contributed by atoms with Crippen LogP contribution in [0.5, 0.6) is 0 Å². The van der Waals surface area contributed by atoms with Gasteiger partial charge in [-0.2, -0.15) is 4.98 Å². The maximum atomic E-state index is 12.9. The summed E-state index contributed by atoms with van der Waals surface area (Å²) in [5.41, 5.74) is -0.0287. The molecule has 38 heavy (non-hydrogen) atoms. The number of nitrogens with one attached hydrogen (secondary N) is 2. The van der Waals surface area contributed by atoms with Gasteiger partial charge in [0.05, 0.1) is 6.54 Å². The van der Waals surface area contributed by atoms with Gasteiger partial charge in [-0.05, 0) is 43.9 Å². The van der Waals surface area contributed by atoms with Crippen LogP contribution in [-0.2, 0) is 40.1 Å². The fourth-order valence-electron chi connectivity index (χ4n) is 4.13. The number of hydrogen-bond acceptors (Lipinski definition) is 7. The lowest BCUT2D eigenvalue weighted by atomic mass is 10.1. The number of hydrogen-bond donors (Lipinski definition) is 2. The number of imidazole rings is 1. The quantitative estimate of drug-likeness (QED) is 0.435. The number of rotatable bonds is 6. The van der Waals surface area contributed by atoms with Crippen LogP contribution in [0.15, 0.2) is 32.9 Å². The number of sulfone groups is 1. The minimum absolute atomic E-state index is 0.0107. The molecular weight excluding hydrogens is 512 g/mol. The molecule has 0 radical (unpaired) electrons. The van der Waals surface area contributed by atoms with Crippen LogP contribution < -0.4 is 21.9 Å². The monoisotopic (exact) mass is 538 g/mol. The number of amides is 2. The van der Waals surface area contributed by atoms with Gasteiger partial charge in [0.25, 0.3) is 5.56 Å². The van der Waals surface area contributed by atoms with Crippen LogP contribution in [0.1, 0.15) is 31.2 Å². The van der Waals surface area contributed by atoms with E-state index in [1.54, 1.807) is 18.2 Å². The highest BCUT2D eigenvalue weighted by atomic mass is 32.2. The Bertz CT molecular complexity index is 1750. The molecule has 2 amide bonds. The van der Waals surface area contributed by atoms with Crippen molar-refractivity contribution in [2.24, 2.45) is 25.9 Å². The van der Waals surface area contributed by atoms with Crippen LogP contribution in [0.4, 0.5) is 11.4 Å². The summed E-state index contributed by atoms with van der Waals surface area (Å²) in [4.78, 5) is 54.3. The second-order valence-electron chi connectivity index (χ2n) is 9.76. The lowest BCUT2D eigenvalue weighted by Crippen LogP contribution is -2.38. The first-order valence-electron chi connectivity index (χ1n) is 12.1. The highest BCUT2D eigenvalue weighted by molar-refractivity contribution is 7.90. The topological polar surface area (TPSA) is 154 Å². The summed E-state index contributed by atoms with van der Waals surface area (Å²) < 4.78 is 27.5. The van der Waals surface area contributed by atoms with Crippen molar-refractivity contribution in [1.29, 1.82) is 0 Å². The highest BCUT2D eigenvalue weighted by Gasteiger charge is 2.31. The largest absolute Gasteiger partial charge is 0.333 e. The zero-order valence-corrected chi connectivity index (χ0v) is 21.9. The van der Waals surface area contributed by atoms with E-state index >= 15 is 0 Å². The SMILES string of the molecule is Cn1c(=O)c2c(nc(S(C)(=O)=O)n2C)n(CC#Cc2cc(NC(=O)C3CC3)cc(NC(=O)C3CC3)c2)c1=O. The molecule has 198 valence electrons. The molecule has 0 bridgehead atoms. The number of anilines is 2. The van der Waals surface area contributed by atoms with E-state index in [9.17, 15) is 27.6 Å². The van der Waals surface area contributed by atoms with E-state index in [1.165, 1.54) is 14.1 Å². The summed E-state index contributed by atoms with van der Waals surface area (Å²) >= 11 is 0. The molecule has 1 aromatic carbocycles. The van der Waals surface area contributed by atoms with Crippen LogP contribution >= 0.6 is 0 Å². The van der Waals surface area contributed by atoms with Crippen LogP contribution in [0.25, 0.3) is 11.2 Å². The zero-order chi connectivity index (χ0) is 27.4. The Balaban J connectivity index is 1.51. The molecule has 2 aliphatic rings. The van der Waals surface area contributed by atoms with Gasteiger partial charge < -0.3 is 15.2 Å². The molecule has 2 saturated carbocycles. The number of nitrogens with zero attached hydrogens (tertiary/aromatic N) is 4. The molecule has 2 N–H and O–H groups in total. The van der Waals surface area contributed by atoms with Crippen LogP contribution in [0.2, 0.25) is 0 Å². The minimum atomic E-state index is -3.77. The van der Waals surface area contributed by atoms with Crippen LogP contribution in [0.3, 0.4) is 0 Å². The fraction of sp³-hybridized carbons (Fsp3) is 0.400. The average Bonchev–Trinajstić information content (AvgIpc) is 3.75. The number of fused-ring (bicyclic) bond motifs is 1. The Labute approximate surface area is 217 Å². The Hall–Kier alpha value is -4.18. The van der Waals surface area contributed by atoms with Crippen molar-refractivity contribution in [3.05, 3.63) is 44.6 Å². The average molecular weight is 539 g/mol. The van der Waals surface area contributed by atoms with Crippen molar-refractivity contribution in [3.8, 4) is 11.8 Å². The van der Waals surface area contributed by atoms with E-state index in [0.717, 1.165) is 45.6 Å². The molecule has 2 aliphatic carbocycles. The van der Waals surface area contributed by atoms with E-state index in [4.69, 9.17) is 0 Å². The Morgan fingerprint density at radius 2 is 1.53 bits per heavy atom. The predicted octanol–water partition coefficient (Wildman–Crippen LogP) is 0.586. The van der Waals surface area contributed by atoms with Crippen LogP contribution in [-0.4, -0.2) is 45.2 Å². The second-order valence-corrected chi connectivity index (χ2v) is 11.7. The van der Waals surface area contributed by atoms with Gasteiger partial charge in [-0.15, -0.1) is 0 Å². The zero-order valence-electron chi connectivity index (χ0n) is 21.1. The number of aromatic nitrogens is 4. The van der Waals surface area contributed by atoms with Gasteiger partial charge >= 0.3 is 5.69 Å². The molecule has 13 heteroatoms. The molecule has 2 heterocycles. The van der Waals surface area contributed by atoms with Gasteiger partial charge in [-0.1, -0.05) is 11.8 Å². The number of carbonyl (C=O) groups is 2. The van der Waals surface area contributed by atoms with E-state index in [1.807, 2.05) is 0 Å². The van der Waals surface area contributed by atoms with Crippen LogP contribution in [0, 0.1) is 23.7 Å². The summed E-state index contributed by atoms with van der Waals surface area (Å²) in [5, 5.41) is 5.38. The molecule has 0 saturated heterocycles. The normalized spacial score (nSPS) is 15.1. The standard InChI is InChI=1S/C25H26N6O6S/c1-29-19-20(28-24(29)38(3,36)37)31(25(35)30(2)23(19)34)10-4-5-14-11-17(26-21(32)15-6-7-15)13-18(12-14)27-22(33)16-8-9-16/h11-13,15-16H,6-10H2,1-3H3,(H,26,32)(H,27,33). The van der Waals surface area contributed by atoms with Crippen molar-refractivity contribution in [2.45, 2.75) is 37.4 Å². The fourth-order valence-corrected chi connectivity index (χ4v) is 4.97. The second kappa shape index (κ2) is 9.29. The Kier molecular flexibility index (Phi) is 6.22. The van der Waals surface area contributed by atoms with Gasteiger partial charge in [0.15, 0.2) is 11.2 Å². The maximum absolute atomic E-state index is 12.9. The Morgan fingerprint density at radius 3 is 2.03 bits per heavy atom. The smallest absolute Gasteiger partial charge is 0.326 e. The van der Waals surface area contributed by atoms with Gasteiger partial charge in [0, 0.05) is 49.1 Å². The van der Waals surface area contributed by atoms with Crippen molar-refractivity contribution >= 4 is 44.2 Å². The van der Waals surface area contributed by atoms with E-state index in [-0.39, 0.29) is 46.5 Å². The predicted molar refractivity (Wildman–Crippen MR) is 139 cm³/mol. The summed E-state index contributed by atoms with van der Waals surface area (Å²) in [6.45, 7) is -0.188. The first-order valence-corrected chi connectivity index (χ1v) is 13.9. The Morgan fingerprint density at radius 1 is 0.974 bits per heavy atom. The third-order valence-electron chi connectivity index (χ3n) is 6.48. The highest BCUT2D eigenvalue weighted by Crippen LogP contribution is 2.32. The summed E-state index contributed by atoms with van der Waals surface area (Å²) in [6, 6.07) is 5.01. The lowest BCUT2D eigenvalue weighted by molar-refractivity contribution is -0.118. The molecule has 2 aromatic heterocycles. The third kappa shape index (κ3) is 4.99. The lowest BCUT2D eigenvalue weighted by Gasteiger charge is -2.10. The first kappa shape index (κ1) is 25.5. The molecule has 3 aromatic rings. The first-order chi connectivity index (χ1) is 17.9. The molecule has 0 aliphatic heterocycles. The molecule has 2 fully saturated rings. The molecule has 0 atom stereocenters. The molecule has 0 unspecified atom stereocenters. The van der Waals surface area contributed by atoms with Gasteiger partial charge in [-0.25, -0.2) is 13.2 Å². The van der Waals surface area contributed by atoms with Gasteiger partial charge in [0.2, 0.25) is 26.8 Å². The summed E-state index contributed by atoms with van der Waals surface area (Å²) in [5.74, 6) is 5.60. The third-order valence-corrected chi connectivity index (χ3v) is 7.51. The van der Waals surface area contributed by atoms with E-state index < -0.39 is 21.1 Å². The van der Waals surface area contributed by atoms with Crippen molar-refractivity contribution < 1.29 is 18.0 Å². The van der Waals surface area contributed by atoms with E-state index in [2.05, 4.69) is 27.5 Å². The van der Waals surface area contributed by atoms with Crippen molar-refractivity contribution in [2.75, 3.05) is 16.9 Å². The van der Waals surface area contributed by atoms with E-state index in [0.29, 0.717) is 16.9 Å². The molecule has 5 rings (SSSR count). The van der Waals surface area contributed by atoms with Gasteiger partial charge in [0.1, 0.15) is 0 Å². The van der Waals surface area contributed by atoms with Crippen molar-refractivity contribution in [1.82, 2.24) is 18.7 Å².